The van der Waals surface area contributed by atoms with Gasteiger partial charge in [0.25, 0.3) is 5.56 Å². The van der Waals surface area contributed by atoms with E-state index < -0.39 is 0 Å². The van der Waals surface area contributed by atoms with Gasteiger partial charge in [-0.1, -0.05) is 17.7 Å². The average molecular weight is 377 g/mol. The van der Waals surface area contributed by atoms with Gasteiger partial charge in [0.1, 0.15) is 4.83 Å². The van der Waals surface area contributed by atoms with E-state index in [1.165, 1.54) is 16.6 Å². The van der Waals surface area contributed by atoms with Crippen LogP contribution in [0.4, 0.5) is 0 Å². The molecular formula is C17H19N3O3S2. The molecule has 0 spiro atoms. The normalized spacial score (nSPS) is 13.0. The molecule has 0 aromatic carbocycles. The van der Waals surface area contributed by atoms with Gasteiger partial charge in [0.2, 0.25) is 5.91 Å². The lowest BCUT2D eigenvalue weighted by molar-refractivity contribution is -0.118. The Labute approximate surface area is 154 Å². The third kappa shape index (κ3) is 3.73. The van der Waals surface area contributed by atoms with E-state index in [2.05, 4.69) is 16.2 Å². The van der Waals surface area contributed by atoms with E-state index in [1.807, 2.05) is 0 Å². The Bertz CT molecular complexity index is 895. The molecule has 2 heterocycles. The van der Waals surface area contributed by atoms with E-state index in [1.54, 1.807) is 23.0 Å². The first-order chi connectivity index (χ1) is 12.2. The van der Waals surface area contributed by atoms with Gasteiger partial charge in [0.15, 0.2) is 5.16 Å². The second kappa shape index (κ2) is 8.04. The zero-order chi connectivity index (χ0) is 17.8. The monoisotopic (exact) mass is 377 g/mol. The van der Waals surface area contributed by atoms with Crippen molar-refractivity contribution in [3.8, 4) is 12.3 Å². The first kappa shape index (κ1) is 18.0. The fraction of sp³-hybridized carbons (Fsp3) is 0.471. The number of nitrogens with one attached hydrogen (secondary N) is 1. The molecule has 0 atom stereocenters. The summed E-state index contributed by atoms with van der Waals surface area (Å²) in [5.41, 5.74) is 1.12. The number of nitrogens with zero attached hydrogens (tertiary/aromatic N) is 2. The molecule has 8 heteroatoms. The molecule has 0 radical (unpaired) electrons. The smallest absolute Gasteiger partial charge is 0.263 e. The number of ether oxygens (including phenoxy) is 1. The number of aromatic nitrogens is 2. The van der Waals surface area contributed by atoms with Gasteiger partial charge < -0.3 is 10.1 Å². The van der Waals surface area contributed by atoms with Crippen molar-refractivity contribution in [1.29, 1.82) is 0 Å². The maximum Gasteiger partial charge on any atom is 0.263 e. The molecule has 0 unspecified atom stereocenters. The van der Waals surface area contributed by atoms with Gasteiger partial charge in [-0.3, -0.25) is 14.2 Å². The molecule has 0 aliphatic heterocycles. The van der Waals surface area contributed by atoms with Crippen LogP contribution in [0.3, 0.4) is 0 Å². The Hall–Kier alpha value is -1.82. The number of amides is 1. The lowest BCUT2D eigenvalue weighted by atomic mass is 10.2. The number of thioether (sulfide) groups is 1. The van der Waals surface area contributed by atoms with E-state index in [0.29, 0.717) is 18.3 Å². The molecule has 0 bridgehead atoms. The zero-order valence-corrected chi connectivity index (χ0v) is 15.6. The Balaban J connectivity index is 1.94. The van der Waals surface area contributed by atoms with E-state index in [-0.39, 0.29) is 23.8 Å². The van der Waals surface area contributed by atoms with Gasteiger partial charge in [-0.25, -0.2) is 4.98 Å². The van der Waals surface area contributed by atoms with Crippen LogP contribution in [0.25, 0.3) is 10.2 Å². The van der Waals surface area contributed by atoms with E-state index in [4.69, 9.17) is 11.2 Å². The van der Waals surface area contributed by atoms with Crippen LogP contribution in [0.5, 0.6) is 0 Å². The van der Waals surface area contributed by atoms with Crippen LogP contribution < -0.4 is 10.9 Å². The third-order valence-electron chi connectivity index (χ3n) is 4.03. The van der Waals surface area contributed by atoms with Crippen molar-refractivity contribution < 1.29 is 9.53 Å². The predicted octanol–water partition coefficient (Wildman–Crippen LogP) is 1.43. The highest BCUT2D eigenvalue weighted by Gasteiger charge is 2.23. The summed E-state index contributed by atoms with van der Waals surface area (Å²) >= 11 is 2.85. The van der Waals surface area contributed by atoms with E-state index in [0.717, 1.165) is 35.0 Å². The van der Waals surface area contributed by atoms with Crippen LogP contribution in [0.2, 0.25) is 0 Å². The summed E-state index contributed by atoms with van der Waals surface area (Å²) in [7, 11) is 1.60. The second-order valence-corrected chi connectivity index (χ2v) is 7.68. The van der Waals surface area contributed by atoms with Crippen LogP contribution in [0, 0.1) is 12.3 Å². The fourth-order valence-electron chi connectivity index (χ4n) is 2.88. The lowest BCUT2D eigenvalue weighted by Crippen LogP contribution is -2.28. The number of hydrogen-bond donors (Lipinski definition) is 1. The molecule has 0 saturated carbocycles. The van der Waals surface area contributed by atoms with E-state index >= 15 is 0 Å². The average Bonchev–Trinajstić information content (AvgIpc) is 3.18. The van der Waals surface area contributed by atoms with E-state index in [9.17, 15) is 9.59 Å². The SMILES string of the molecule is C#CCNC(=O)CSc1nc2sc3c(c2c(=O)n1CCOC)CCC3. The number of carbonyl (C=O) groups is 1. The highest BCUT2D eigenvalue weighted by molar-refractivity contribution is 7.99. The highest BCUT2D eigenvalue weighted by Crippen LogP contribution is 2.35. The molecule has 3 rings (SSSR count). The standard InChI is InChI=1S/C17H19N3O3S2/c1-3-7-18-13(21)10-24-17-19-15-14(11-5-4-6-12(11)25-15)16(22)20(17)8-9-23-2/h1H,4-10H2,2H3,(H,18,21). The number of thiophene rings is 1. The Kier molecular flexibility index (Phi) is 5.78. The largest absolute Gasteiger partial charge is 0.383 e. The minimum Gasteiger partial charge on any atom is -0.383 e. The van der Waals surface area contributed by atoms with Crippen molar-refractivity contribution in [1.82, 2.24) is 14.9 Å². The van der Waals surface area contributed by atoms with Crippen molar-refractivity contribution >= 4 is 39.2 Å². The minimum atomic E-state index is -0.177. The van der Waals surface area contributed by atoms with Crippen molar-refractivity contribution in [3.05, 3.63) is 20.8 Å². The number of hydrogen-bond acceptors (Lipinski definition) is 6. The Morgan fingerprint density at radius 1 is 1.52 bits per heavy atom. The number of terminal acetylenes is 1. The predicted molar refractivity (Wildman–Crippen MR) is 100 cm³/mol. The molecule has 25 heavy (non-hydrogen) atoms. The van der Waals surface area contributed by atoms with Gasteiger partial charge in [-0.05, 0) is 24.8 Å². The fourth-order valence-corrected chi connectivity index (χ4v) is 5.04. The molecule has 0 saturated heterocycles. The number of aryl methyl sites for hydroxylation is 2. The number of rotatable bonds is 7. The Morgan fingerprint density at radius 3 is 3.12 bits per heavy atom. The summed E-state index contributed by atoms with van der Waals surface area (Å²) in [5, 5.41) is 3.91. The first-order valence-electron chi connectivity index (χ1n) is 8.02. The number of fused-ring (bicyclic) bond motifs is 3. The molecule has 1 amide bonds. The summed E-state index contributed by atoms with van der Waals surface area (Å²) in [4.78, 5) is 31.5. The van der Waals surface area contributed by atoms with Gasteiger partial charge in [-0.2, -0.15) is 0 Å². The van der Waals surface area contributed by atoms with Crippen LogP contribution in [-0.4, -0.2) is 41.5 Å². The van der Waals surface area contributed by atoms with Crippen LogP contribution >= 0.6 is 23.1 Å². The molecular weight excluding hydrogens is 358 g/mol. The molecule has 2 aromatic heterocycles. The topological polar surface area (TPSA) is 73.2 Å². The Morgan fingerprint density at radius 2 is 2.36 bits per heavy atom. The third-order valence-corrected chi connectivity index (χ3v) is 6.19. The van der Waals surface area contributed by atoms with Crippen molar-refractivity contribution in [2.75, 3.05) is 26.0 Å². The number of methoxy groups -OCH3 is 1. The van der Waals surface area contributed by atoms with Gasteiger partial charge in [0, 0.05) is 12.0 Å². The van der Waals surface area contributed by atoms with Crippen LogP contribution in [-0.2, 0) is 28.9 Å². The summed E-state index contributed by atoms with van der Waals surface area (Å²) in [5.74, 6) is 2.35. The number of carbonyl (C=O) groups excluding carboxylic acids is 1. The lowest BCUT2D eigenvalue weighted by Gasteiger charge is -2.11. The summed E-state index contributed by atoms with van der Waals surface area (Å²) in [6.45, 7) is 1.02. The maximum atomic E-state index is 13.0. The van der Waals surface area contributed by atoms with Crippen molar-refractivity contribution in [3.63, 3.8) is 0 Å². The summed E-state index contributed by atoms with van der Waals surface area (Å²) < 4.78 is 6.75. The molecule has 1 aliphatic carbocycles. The molecule has 0 fully saturated rings. The van der Waals surface area contributed by atoms with Gasteiger partial charge in [-0.15, -0.1) is 17.8 Å². The molecule has 132 valence electrons. The quantitative estimate of drug-likeness (QED) is 0.449. The van der Waals surface area contributed by atoms with Crippen LogP contribution in [0.1, 0.15) is 16.9 Å². The van der Waals surface area contributed by atoms with Gasteiger partial charge in [0.05, 0.1) is 30.8 Å². The second-order valence-electron chi connectivity index (χ2n) is 5.65. The van der Waals surface area contributed by atoms with Crippen LogP contribution in [0.15, 0.2) is 9.95 Å². The summed E-state index contributed by atoms with van der Waals surface area (Å²) in [6.07, 6.45) is 8.20. The first-order valence-corrected chi connectivity index (χ1v) is 9.83. The molecule has 2 aromatic rings. The van der Waals surface area contributed by atoms with Crippen molar-refractivity contribution in [2.24, 2.45) is 0 Å². The highest BCUT2D eigenvalue weighted by atomic mass is 32.2. The maximum absolute atomic E-state index is 13.0. The molecule has 1 N–H and O–H groups in total. The van der Waals surface area contributed by atoms with Crippen molar-refractivity contribution in [2.45, 2.75) is 31.0 Å². The zero-order valence-electron chi connectivity index (χ0n) is 14.0. The summed E-state index contributed by atoms with van der Waals surface area (Å²) in [6, 6.07) is 0. The molecule has 6 nitrogen and oxygen atoms in total. The minimum absolute atomic E-state index is 0.0343. The van der Waals surface area contributed by atoms with Gasteiger partial charge >= 0.3 is 0 Å². The molecule has 1 aliphatic rings.